The van der Waals surface area contributed by atoms with Gasteiger partial charge in [-0.2, -0.15) is 0 Å². The van der Waals surface area contributed by atoms with Gasteiger partial charge in [-0.1, -0.05) is 39.0 Å². The Bertz CT molecular complexity index is 127. The van der Waals surface area contributed by atoms with Crippen molar-refractivity contribution in [2.24, 2.45) is 11.3 Å². The summed E-state index contributed by atoms with van der Waals surface area (Å²) in [6.45, 7) is 2.38. The highest BCUT2D eigenvalue weighted by Crippen LogP contribution is 2.55. The van der Waals surface area contributed by atoms with Crippen molar-refractivity contribution in [2.75, 3.05) is 0 Å². The molecule has 0 radical (unpaired) electrons. The summed E-state index contributed by atoms with van der Waals surface area (Å²) in [5.74, 6) is 1.12. The Morgan fingerprint density at radius 1 is 1.18 bits per heavy atom. The number of hydrogen-bond acceptors (Lipinski definition) is 0. The molecule has 2 aliphatic carbocycles. The fourth-order valence-electron chi connectivity index (χ4n) is 2.71. The zero-order valence-corrected chi connectivity index (χ0v) is 7.73. The molecule has 0 amide bonds. The van der Waals surface area contributed by atoms with Crippen molar-refractivity contribution < 1.29 is 0 Å². The molecule has 0 saturated heterocycles. The zero-order chi connectivity index (χ0) is 7.73. The molecule has 2 aliphatic rings. The molecule has 0 heterocycles. The molecule has 0 atom stereocenters. The van der Waals surface area contributed by atoms with Gasteiger partial charge in [0.1, 0.15) is 0 Å². The second kappa shape index (κ2) is 2.80. The summed E-state index contributed by atoms with van der Waals surface area (Å²) >= 11 is 0. The van der Waals surface area contributed by atoms with E-state index in [2.05, 4.69) is 6.92 Å². The van der Waals surface area contributed by atoms with E-state index in [9.17, 15) is 0 Å². The van der Waals surface area contributed by atoms with Gasteiger partial charge in [-0.3, -0.25) is 0 Å². The second-order valence-electron chi connectivity index (χ2n) is 4.71. The highest BCUT2D eigenvalue weighted by atomic mass is 14.5. The minimum absolute atomic E-state index is 0.856. The summed E-state index contributed by atoms with van der Waals surface area (Å²) in [5, 5.41) is 0. The third kappa shape index (κ3) is 1.60. The van der Waals surface area contributed by atoms with Crippen molar-refractivity contribution >= 4 is 0 Å². The molecular weight excluding hydrogens is 132 g/mol. The summed E-state index contributed by atoms with van der Waals surface area (Å²) in [6.07, 6.45) is 12.2. The van der Waals surface area contributed by atoms with Crippen LogP contribution in [0.3, 0.4) is 0 Å². The maximum atomic E-state index is 2.38. The second-order valence-corrected chi connectivity index (χ2v) is 4.71. The van der Waals surface area contributed by atoms with Gasteiger partial charge >= 0.3 is 0 Å². The molecule has 2 fully saturated rings. The smallest absolute Gasteiger partial charge is 0.0297 e. The van der Waals surface area contributed by atoms with E-state index in [1.54, 1.807) is 32.1 Å². The molecule has 0 nitrogen and oxygen atoms in total. The Balaban J connectivity index is 1.80. The molecule has 0 heteroatoms. The molecule has 0 aliphatic heterocycles. The Kier molecular flexibility index (Phi) is 1.95. The molecule has 2 saturated carbocycles. The molecule has 0 unspecified atom stereocenters. The summed E-state index contributed by atoms with van der Waals surface area (Å²) in [7, 11) is 0. The lowest BCUT2D eigenvalue weighted by Gasteiger charge is -2.16. The van der Waals surface area contributed by atoms with E-state index in [1.165, 1.54) is 19.3 Å². The van der Waals surface area contributed by atoms with Crippen molar-refractivity contribution in [1.82, 2.24) is 0 Å². The standard InChI is InChI=1S/C11H20/c1-2-11(7-8-11)9-10-5-3-4-6-10/h10H,2-9H2,1H3. The van der Waals surface area contributed by atoms with E-state index in [4.69, 9.17) is 0 Å². The van der Waals surface area contributed by atoms with Gasteiger partial charge in [0.15, 0.2) is 0 Å². The number of rotatable bonds is 3. The van der Waals surface area contributed by atoms with Crippen molar-refractivity contribution in [3.05, 3.63) is 0 Å². The first-order valence-electron chi connectivity index (χ1n) is 5.35. The molecular formula is C11H20. The van der Waals surface area contributed by atoms with Crippen LogP contribution < -0.4 is 0 Å². The van der Waals surface area contributed by atoms with Crippen molar-refractivity contribution in [1.29, 1.82) is 0 Å². The Morgan fingerprint density at radius 2 is 1.82 bits per heavy atom. The predicted molar refractivity (Wildman–Crippen MR) is 48.5 cm³/mol. The van der Waals surface area contributed by atoms with Crippen LogP contribution in [0.5, 0.6) is 0 Å². The van der Waals surface area contributed by atoms with Crippen LogP contribution in [0.2, 0.25) is 0 Å². The van der Waals surface area contributed by atoms with E-state index in [-0.39, 0.29) is 0 Å². The lowest BCUT2D eigenvalue weighted by molar-refractivity contribution is 0.347. The van der Waals surface area contributed by atoms with Gasteiger partial charge in [0, 0.05) is 0 Å². The van der Waals surface area contributed by atoms with E-state index in [1.807, 2.05) is 0 Å². The van der Waals surface area contributed by atoms with Crippen LogP contribution in [-0.4, -0.2) is 0 Å². The lowest BCUT2D eigenvalue weighted by atomic mass is 9.89. The Hall–Kier alpha value is 0. The molecule has 0 aromatic heterocycles. The first kappa shape index (κ1) is 7.64. The van der Waals surface area contributed by atoms with Crippen LogP contribution in [-0.2, 0) is 0 Å². The van der Waals surface area contributed by atoms with E-state index >= 15 is 0 Å². The topological polar surface area (TPSA) is 0 Å². The Morgan fingerprint density at radius 3 is 2.27 bits per heavy atom. The fourth-order valence-corrected chi connectivity index (χ4v) is 2.71. The SMILES string of the molecule is CCC1(CC2CCCC2)CC1. The van der Waals surface area contributed by atoms with Crippen LogP contribution in [0, 0.1) is 11.3 Å². The molecule has 0 bridgehead atoms. The third-order valence-corrected chi connectivity index (χ3v) is 3.90. The molecule has 0 N–H and O–H groups in total. The largest absolute Gasteiger partial charge is 0.0649 e. The van der Waals surface area contributed by atoms with Gasteiger partial charge in [0.2, 0.25) is 0 Å². The minimum Gasteiger partial charge on any atom is -0.0649 e. The first-order valence-corrected chi connectivity index (χ1v) is 5.35. The van der Waals surface area contributed by atoms with E-state index < -0.39 is 0 Å². The first-order chi connectivity index (χ1) is 5.35. The van der Waals surface area contributed by atoms with E-state index in [0.29, 0.717) is 0 Å². The molecule has 2 rings (SSSR count). The van der Waals surface area contributed by atoms with Crippen LogP contribution in [0.15, 0.2) is 0 Å². The quantitative estimate of drug-likeness (QED) is 0.577. The molecule has 64 valence electrons. The summed E-state index contributed by atoms with van der Waals surface area (Å²) in [6, 6.07) is 0. The monoisotopic (exact) mass is 152 g/mol. The van der Waals surface area contributed by atoms with Gasteiger partial charge in [0.05, 0.1) is 0 Å². The van der Waals surface area contributed by atoms with Crippen LogP contribution in [0.4, 0.5) is 0 Å². The fraction of sp³-hybridized carbons (Fsp3) is 1.00. The normalized spacial score (nSPS) is 29.2. The third-order valence-electron chi connectivity index (χ3n) is 3.90. The van der Waals surface area contributed by atoms with Crippen LogP contribution in [0.1, 0.15) is 58.3 Å². The summed E-state index contributed by atoms with van der Waals surface area (Å²) in [5.41, 5.74) is 0.856. The van der Waals surface area contributed by atoms with Crippen molar-refractivity contribution in [2.45, 2.75) is 58.3 Å². The maximum Gasteiger partial charge on any atom is -0.0297 e. The van der Waals surface area contributed by atoms with Gasteiger partial charge in [-0.05, 0) is 30.6 Å². The van der Waals surface area contributed by atoms with Crippen LogP contribution >= 0.6 is 0 Å². The zero-order valence-electron chi connectivity index (χ0n) is 7.73. The van der Waals surface area contributed by atoms with Crippen molar-refractivity contribution in [3.63, 3.8) is 0 Å². The molecule has 0 aromatic carbocycles. The molecule has 0 aromatic rings. The van der Waals surface area contributed by atoms with Crippen molar-refractivity contribution in [3.8, 4) is 0 Å². The van der Waals surface area contributed by atoms with Gasteiger partial charge in [-0.15, -0.1) is 0 Å². The van der Waals surface area contributed by atoms with Gasteiger partial charge < -0.3 is 0 Å². The average Bonchev–Trinajstić information content (AvgIpc) is 2.59. The number of hydrogen-bond donors (Lipinski definition) is 0. The molecule has 11 heavy (non-hydrogen) atoms. The Labute approximate surface area is 70.4 Å². The summed E-state index contributed by atoms with van der Waals surface area (Å²) < 4.78 is 0. The minimum atomic E-state index is 0.856. The average molecular weight is 152 g/mol. The molecule has 0 spiro atoms. The lowest BCUT2D eigenvalue weighted by Crippen LogP contribution is -2.05. The van der Waals surface area contributed by atoms with Crippen LogP contribution in [0.25, 0.3) is 0 Å². The van der Waals surface area contributed by atoms with E-state index in [0.717, 1.165) is 11.3 Å². The van der Waals surface area contributed by atoms with Gasteiger partial charge in [0.25, 0.3) is 0 Å². The highest BCUT2D eigenvalue weighted by molar-refractivity contribution is 4.93. The van der Waals surface area contributed by atoms with Gasteiger partial charge in [-0.25, -0.2) is 0 Å². The highest BCUT2D eigenvalue weighted by Gasteiger charge is 2.42. The summed E-state index contributed by atoms with van der Waals surface area (Å²) in [4.78, 5) is 0. The maximum absolute atomic E-state index is 2.38. The predicted octanol–water partition coefficient (Wildman–Crippen LogP) is 3.76.